The quantitative estimate of drug-likeness (QED) is 0.389. The van der Waals surface area contributed by atoms with Crippen molar-refractivity contribution in [3.05, 3.63) is 76.4 Å². The number of rotatable bonds is 10. The van der Waals surface area contributed by atoms with Gasteiger partial charge in [-0.1, -0.05) is 43.7 Å². The zero-order valence-corrected chi connectivity index (χ0v) is 16.8. The van der Waals surface area contributed by atoms with Crippen LogP contribution >= 0.6 is 0 Å². The molecule has 154 valence electrons. The Labute approximate surface area is 170 Å². The molecule has 0 heterocycles. The van der Waals surface area contributed by atoms with Crippen molar-refractivity contribution in [2.24, 2.45) is 0 Å². The van der Waals surface area contributed by atoms with Crippen molar-refractivity contribution in [2.45, 2.75) is 40.0 Å². The first-order valence-corrected chi connectivity index (χ1v) is 9.24. The number of aliphatic carboxylic acids is 3. The molecule has 1 aromatic carbocycles. The SMILES string of the molecule is CCCCC(=CC(C=C(C)C(=O)O)=C(C=C(C)C(=O)O)c1ccccc1)C(=O)O. The molecule has 0 aliphatic rings. The van der Waals surface area contributed by atoms with Gasteiger partial charge in [-0.3, -0.25) is 0 Å². The smallest absolute Gasteiger partial charge is 0.331 e. The number of carboxylic acids is 3. The molecule has 0 saturated carbocycles. The van der Waals surface area contributed by atoms with Gasteiger partial charge in [0.2, 0.25) is 0 Å². The van der Waals surface area contributed by atoms with E-state index in [2.05, 4.69) is 0 Å². The van der Waals surface area contributed by atoms with E-state index in [9.17, 15) is 29.7 Å². The van der Waals surface area contributed by atoms with Gasteiger partial charge in [-0.05, 0) is 61.6 Å². The van der Waals surface area contributed by atoms with Gasteiger partial charge in [0, 0.05) is 16.7 Å². The van der Waals surface area contributed by atoms with Crippen LogP contribution in [0, 0.1) is 0 Å². The zero-order chi connectivity index (χ0) is 22.0. The molecule has 0 spiro atoms. The highest BCUT2D eigenvalue weighted by molar-refractivity contribution is 5.95. The number of carboxylic acid groups (broad SMARTS) is 3. The Bertz CT molecular complexity index is 885. The van der Waals surface area contributed by atoms with Crippen molar-refractivity contribution >= 4 is 23.5 Å². The minimum Gasteiger partial charge on any atom is -0.478 e. The molecule has 0 unspecified atom stereocenters. The van der Waals surface area contributed by atoms with E-state index in [-0.39, 0.29) is 16.7 Å². The molecule has 6 nitrogen and oxygen atoms in total. The van der Waals surface area contributed by atoms with Crippen molar-refractivity contribution in [3.63, 3.8) is 0 Å². The first kappa shape index (κ1) is 23.6. The molecule has 3 N–H and O–H groups in total. The second-order valence-corrected chi connectivity index (χ2v) is 6.58. The summed E-state index contributed by atoms with van der Waals surface area (Å²) in [6, 6.07) is 8.84. The third-order valence-corrected chi connectivity index (χ3v) is 4.21. The lowest BCUT2D eigenvalue weighted by molar-refractivity contribution is -0.133. The highest BCUT2D eigenvalue weighted by Crippen LogP contribution is 2.26. The molecular weight excluding hydrogens is 372 g/mol. The fourth-order valence-corrected chi connectivity index (χ4v) is 2.52. The van der Waals surface area contributed by atoms with Gasteiger partial charge in [-0.2, -0.15) is 0 Å². The first-order chi connectivity index (χ1) is 13.7. The van der Waals surface area contributed by atoms with Crippen LogP contribution in [0.25, 0.3) is 5.57 Å². The molecular formula is C23H26O6. The van der Waals surface area contributed by atoms with E-state index in [1.165, 1.54) is 32.1 Å². The lowest BCUT2D eigenvalue weighted by Crippen LogP contribution is -2.03. The van der Waals surface area contributed by atoms with Crippen LogP contribution in [0.3, 0.4) is 0 Å². The predicted octanol–water partition coefficient (Wildman–Crippen LogP) is 4.70. The molecule has 0 aliphatic heterocycles. The summed E-state index contributed by atoms with van der Waals surface area (Å²) in [4.78, 5) is 34.5. The average Bonchev–Trinajstić information content (AvgIpc) is 2.68. The monoisotopic (exact) mass is 398 g/mol. The fraction of sp³-hybridized carbons (Fsp3) is 0.261. The maximum Gasteiger partial charge on any atom is 0.331 e. The van der Waals surface area contributed by atoms with E-state index in [0.717, 1.165) is 6.42 Å². The third-order valence-electron chi connectivity index (χ3n) is 4.21. The summed E-state index contributed by atoms with van der Waals surface area (Å²) in [5.74, 6) is -3.36. The van der Waals surface area contributed by atoms with Crippen molar-refractivity contribution < 1.29 is 29.7 Å². The Morgan fingerprint density at radius 3 is 1.86 bits per heavy atom. The van der Waals surface area contributed by atoms with Crippen LogP contribution in [0.4, 0.5) is 0 Å². The van der Waals surface area contributed by atoms with Gasteiger partial charge in [0.15, 0.2) is 0 Å². The molecule has 6 heteroatoms. The topological polar surface area (TPSA) is 112 Å². The largest absolute Gasteiger partial charge is 0.478 e. The van der Waals surface area contributed by atoms with Gasteiger partial charge in [-0.25, -0.2) is 14.4 Å². The molecule has 0 saturated heterocycles. The molecule has 0 amide bonds. The van der Waals surface area contributed by atoms with Crippen molar-refractivity contribution in [2.75, 3.05) is 0 Å². The van der Waals surface area contributed by atoms with Crippen LogP contribution in [0.2, 0.25) is 0 Å². The molecule has 29 heavy (non-hydrogen) atoms. The molecule has 1 aromatic rings. The Morgan fingerprint density at radius 2 is 1.38 bits per heavy atom. The Morgan fingerprint density at radius 1 is 0.828 bits per heavy atom. The lowest BCUT2D eigenvalue weighted by Gasteiger charge is -2.11. The van der Waals surface area contributed by atoms with Gasteiger partial charge in [0.1, 0.15) is 0 Å². The Kier molecular flexibility index (Phi) is 9.32. The summed E-state index contributed by atoms with van der Waals surface area (Å²) in [6.45, 7) is 4.77. The van der Waals surface area contributed by atoms with Gasteiger partial charge in [0.05, 0.1) is 0 Å². The van der Waals surface area contributed by atoms with E-state index in [0.29, 0.717) is 29.6 Å². The van der Waals surface area contributed by atoms with Crippen LogP contribution in [0.5, 0.6) is 0 Å². The summed E-state index contributed by atoms with van der Waals surface area (Å²) in [6.07, 6.45) is 6.01. The maximum atomic E-state index is 11.7. The van der Waals surface area contributed by atoms with Crippen molar-refractivity contribution in [3.8, 4) is 0 Å². The van der Waals surface area contributed by atoms with Crippen LogP contribution in [-0.4, -0.2) is 33.2 Å². The second-order valence-electron chi connectivity index (χ2n) is 6.58. The highest BCUT2D eigenvalue weighted by Gasteiger charge is 2.13. The van der Waals surface area contributed by atoms with Crippen LogP contribution in [0.15, 0.2) is 70.9 Å². The predicted molar refractivity (Wildman–Crippen MR) is 111 cm³/mol. The fourth-order valence-electron chi connectivity index (χ4n) is 2.52. The second kappa shape index (κ2) is 11.4. The van der Waals surface area contributed by atoms with Crippen LogP contribution in [-0.2, 0) is 14.4 Å². The third kappa shape index (κ3) is 7.62. The van der Waals surface area contributed by atoms with E-state index in [1.54, 1.807) is 30.3 Å². The zero-order valence-electron chi connectivity index (χ0n) is 16.8. The number of hydrogen-bond donors (Lipinski definition) is 3. The average molecular weight is 398 g/mol. The number of allylic oxidation sites excluding steroid dienone is 5. The number of benzene rings is 1. The van der Waals surface area contributed by atoms with E-state index in [1.807, 2.05) is 6.92 Å². The van der Waals surface area contributed by atoms with Crippen molar-refractivity contribution in [1.82, 2.24) is 0 Å². The van der Waals surface area contributed by atoms with Gasteiger partial charge >= 0.3 is 17.9 Å². The maximum absolute atomic E-state index is 11.7. The Balaban J connectivity index is 3.89. The molecule has 0 atom stereocenters. The van der Waals surface area contributed by atoms with E-state index >= 15 is 0 Å². The van der Waals surface area contributed by atoms with Gasteiger partial charge < -0.3 is 15.3 Å². The van der Waals surface area contributed by atoms with E-state index < -0.39 is 17.9 Å². The first-order valence-electron chi connectivity index (χ1n) is 9.24. The minimum absolute atomic E-state index is 0.00582. The number of hydrogen-bond acceptors (Lipinski definition) is 3. The van der Waals surface area contributed by atoms with Crippen LogP contribution < -0.4 is 0 Å². The van der Waals surface area contributed by atoms with Gasteiger partial charge in [-0.15, -0.1) is 0 Å². The lowest BCUT2D eigenvalue weighted by atomic mass is 9.94. The minimum atomic E-state index is -1.15. The normalized spacial score (nSPS) is 13.7. The van der Waals surface area contributed by atoms with E-state index in [4.69, 9.17) is 0 Å². The number of carbonyl (C=O) groups is 3. The molecule has 0 fully saturated rings. The van der Waals surface area contributed by atoms with Crippen LogP contribution in [0.1, 0.15) is 45.6 Å². The summed E-state index contributed by atoms with van der Waals surface area (Å²) in [5.41, 5.74) is 1.58. The summed E-state index contributed by atoms with van der Waals surface area (Å²) in [7, 11) is 0. The molecule has 0 radical (unpaired) electrons. The summed E-state index contributed by atoms with van der Waals surface area (Å²) >= 11 is 0. The molecule has 0 bridgehead atoms. The summed E-state index contributed by atoms with van der Waals surface area (Å²) < 4.78 is 0. The molecule has 0 aliphatic carbocycles. The molecule has 0 aromatic heterocycles. The summed E-state index contributed by atoms with van der Waals surface area (Å²) in [5, 5.41) is 28.2. The molecule has 1 rings (SSSR count). The standard InChI is InChI=1S/C23H26O6/c1-4-5-9-18(23(28)29)14-19(12-15(2)21(24)25)20(13-16(3)22(26)27)17-10-7-6-8-11-17/h6-8,10-14H,4-5,9H2,1-3H3,(H,24,25)(H,26,27)(H,28,29). The van der Waals surface area contributed by atoms with Gasteiger partial charge in [0.25, 0.3) is 0 Å². The van der Waals surface area contributed by atoms with Crippen molar-refractivity contribution in [1.29, 1.82) is 0 Å². The highest BCUT2D eigenvalue weighted by atomic mass is 16.4. The Hall–Kier alpha value is -3.41. The number of unbranched alkanes of at least 4 members (excludes halogenated alkanes) is 1.